The summed E-state index contributed by atoms with van der Waals surface area (Å²) >= 11 is 0. The van der Waals surface area contributed by atoms with Crippen LogP contribution in [-0.4, -0.2) is 70.7 Å². The van der Waals surface area contributed by atoms with Crippen molar-refractivity contribution in [3.8, 4) is 0 Å². The fourth-order valence-corrected chi connectivity index (χ4v) is 4.23. The number of anilines is 2. The number of hydrogen-bond acceptors (Lipinski definition) is 6. The first-order valence-corrected chi connectivity index (χ1v) is 10.3. The molecular weight excluding hydrogens is 358 g/mol. The van der Waals surface area contributed by atoms with Crippen LogP contribution in [0.1, 0.15) is 6.42 Å². The fraction of sp³-hybridized carbons (Fsp3) is 0.529. The average Bonchev–Trinajstić information content (AvgIpc) is 3.02. The molecular formula is C17H23N3O5S. The Labute approximate surface area is 153 Å². The molecule has 0 spiro atoms. The second-order valence-electron chi connectivity index (χ2n) is 6.59. The Bertz CT molecular complexity index is 785. The topological polar surface area (TPSA) is 87.2 Å². The van der Waals surface area contributed by atoms with Gasteiger partial charge in [-0.1, -0.05) is 0 Å². The van der Waals surface area contributed by atoms with Crippen LogP contribution in [0.4, 0.5) is 11.4 Å². The third-order valence-electron chi connectivity index (χ3n) is 4.89. The molecule has 0 N–H and O–H groups in total. The number of esters is 1. The molecule has 0 saturated carbocycles. The summed E-state index contributed by atoms with van der Waals surface area (Å²) in [5.41, 5.74) is 1.73. The highest BCUT2D eigenvalue weighted by atomic mass is 32.2. The number of carbonyl (C=O) groups excluding carboxylic acids is 2. The summed E-state index contributed by atoms with van der Waals surface area (Å²) in [7, 11) is -1.82. The highest BCUT2D eigenvalue weighted by Gasteiger charge is 2.35. The molecule has 1 aromatic rings. The zero-order valence-corrected chi connectivity index (χ0v) is 15.7. The predicted molar refractivity (Wildman–Crippen MR) is 97.5 cm³/mol. The van der Waals surface area contributed by atoms with Crippen molar-refractivity contribution in [3.63, 3.8) is 0 Å². The van der Waals surface area contributed by atoms with Crippen LogP contribution in [0.2, 0.25) is 0 Å². The van der Waals surface area contributed by atoms with Crippen molar-refractivity contribution in [1.82, 2.24) is 4.31 Å². The van der Waals surface area contributed by atoms with Gasteiger partial charge in [0.05, 0.1) is 19.3 Å². The number of benzene rings is 1. The molecule has 26 heavy (non-hydrogen) atoms. The molecule has 142 valence electrons. The second-order valence-corrected chi connectivity index (χ2v) is 8.58. The summed E-state index contributed by atoms with van der Waals surface area (Å²) in [6, 6.07) is 7.56. The normalized spacial score (nSPS) is 21.9. The van der Waals surface area contributed by atoms with E-state index >= 15 is 0 Å². The SMILES string of the molecule is COC(=O)[C@@H]1CC(=O)N(c2ccc(N3CCN(S(C)(=O)=O)CC3)cc2)C1. The van der Waals surface area contributed by atoms with Gasteiger partial charge in [-0.15, -0.1) is 0 Å². The van der Waals surface area contributed by atoms with Crippen molar-refractivity contribution in [1.29, 1.82) is 0 Å². The van der Waals surface area contributed by atoms with E-state index in [1.165, 1.54) is 17.7 Å². The maximum atomic E-state index is 12.2. The van der Waals surface area contributed by atoms with Crippen LogP contribution in [0, 0.1) is 5.92 Å². The average molecular weight is 381 g/mol. The number of hydrogen-bond donors (Lipinski definition) is 0. The van der Waals surface area contributed by atoms with Crippen molar-refractivity contribution in [3.05, 3.63) is 24.3 Å². The van der Waals surface area contributed by atoms with Crippen LogP contribution in [0.3, 0.4) is 0 Å². The van der Waals surface area contributed by atoms with Crippen molar-refractivity contribution in [2.24, 2.45) is 5.92 Å². The monoisotopic (exact) mass is 381 g/mol. The second kappa shape index (κ2) is 7.24. The zero-order chi connectivity index (χ0) is 18.9. The van der Waals surface area contributed by atoms with Gasteiger partial charge < -0.3 is 14.5 Å². The van der Waals surface area contributed by atoms with Crippen LogP contribution < -0.4 is 9.80 Å². The number of rotatable bonds is 4. The summed E-state index contributed by atoms with van der Waals surface area (Å²) in [6.07, 6.45) is 1.40. The van der Waals surface area contributed by atoms with E-state index in [1.807, 2.05) is 24.3 Å². The van der Waals surface area contributed by atoms with E-state index in [0.29, 0.717) is 32.7 Å². The molecule has 8 nitrogen and oxygen atoms in total. The molecule has 9 heteroatoms. The first-order chi connectivity index (χ1) is 12.3. The molecule has 2 aliphatic heterocycles. The molecule has 2 saturated heterocycles. The lowest BCUT2D eigenvalue weighted by Gasteiger charge is -2.34. The van der Waals surface area contributed by atoms with E-state index in [4.69, 9.17) is 4.74 Å². The molecule has 3 rings (SSSR count). The summed E-state index contributed by atoms with van der Waals surface area (Å²) < 4.78 is 29.4. The highest BCUT2D eigenvalue weighted by molar-refractivity contribution is 7.88. The Morgan fingerprint density at radius 1 is 1.08 bits per heavy atom. The van der Waals surface area contributed by atoms with Gasteiger partial charge in [0.15, 0.2) is 0 Å². The number of nitrogens with zero attached hydrogens (tertiary/aromatic N) is 3. The maximum absolute atomic E-state index is 12.2. The van der Waals surface area contributed by atoms with Crippen LogP contribution in [0.5, 0.6) is 0 Å². The molecule has 0 unspecified atom stereocenters. The molecule has 0 aliphatic carbocycles. The fourth-order valence-electron chi connectivity index (χ4n) is 3.40. The number of carbonyl (C=O) groups is 2. The van der Waals surface area contributed by atoms with Gasteiger partial charge in [0, 0.05) is 50.5 Å². The standard InChI is InChI=1S/C17H23N3O5S/c1-25-17(22)13-11-16(21)20(12-13)15-5-3-14(4-6-15)18-7-9-19(10-8-18)26(2,23)24/h3-6,13H,7-12H2,1-2H3/t13-/m1/s1. The van der Waals surface area contributed by atoms with Crippen LogP contribution in [0.15, 0.2) is 24.3 Å². The van der Waals surface area contributed by atoms with E-state index in [9.17, 15) is 18.0 Å². The summed E-state index contributed by atoms with van der Waals surface area (Å²) in [5, 5.41) is 0. The van der Waals surface area contributed by atoms with Gasteiger partial charge in [-0.05, 0) is 24.3 Å². The highest BCUT2D eigenvalue weighted by Crippen LogP contribution is 2.28. The van der Waals surface area contributed by atoms with Crippen LogP contribution in [0.25, 0.3) is 0 Å². The minimum Gasteiger partial charge on any atom is -0.469 e. The lowest BCUT2D eigenvalue weighted by atomic mass is 10.1. The number of methoxy groups -OCH3 is 1. The summed E-state index contributed by atoms with van der Waals surface area (Å²) in [5.74, 6) is -0.868. The number of sulfonamides is 1. The van der Waals surface area contributed by atoms with Gasteiger partial charge >= 0.3 is 5.97 Å². The van der Waals surface area contributed by atoms with Gasteiger partial charge in [-0.3, -0.25) is 9.59 Å². The van der Waals surface area contributed by atoms with E-state index < -0.39 is 15.9 Å². The lowest BCUT2D eigenvalue weighted by molar-refractivity contribution is -0.145. The van der Waals surface area contributed by atoms with E-state index in [1.54, 1.807) is 4.90 Å². The smallest absolute Gasteiger partial charge is 0.311 e. The molecule has 2 fully saturated rings. The minimum absolute atomic E-state index is 0.0880. The summed E-state index contributed by atoms with van der Waals surface area (Å²) in [6.45, 7) is 2.51. The zero-order valence-electron chi connectivity index (χ0n) is 14.9. The van der Waals surface area contributed by atoms with E-state index in [2.05, 4.69) is 4.90 Å². The maximum Gasteiger partial charge on any atom is 0.311 e. The van der Waals surface area contributed by atoms with E-state index in [0.717, 1.165) is 11.4 Å². The Morgan fingerprint density at radius 2 is 1.65 bits per heavy atom. The number of amides is 1. The number of piperazine rings is 1. The van der Waals surface area contributed by atoms with Crippen molar-refractivity contribution in [2.45, 2.75) is 6.42 Å². The van der Waals surface area contributed by atoms with Crippen molar-refractivity contribution in [2.75, 3.05) is 55.9 Å². The third kappa shape index (κ3) is 3.83. The molecule has 0 bridgehead atoms. The molecule has 2 heterocycles. The molecule has 0 aromatic heterocycles. The molecule has 1 amide bonds. The summed E-state index contributed by atoms with van der Waals surface area (Å²) in [4.78, 5) is 27.5. The van der Waals surface area contributed by atoms with Gasteiger partial charge in [-0.25, -0.2) is 8.42 Å². The molecule has 0 radical (unpaired) electrons. The van der Waals surface area contributed by atoms with Gasteiger partial charge in [0.1, 0.15) is 0 Å². The quantitative estimate of drug-likeness (QED) is 0.697. The first kappa shape index (κ1) is 18.7. The molecule has 1 atom stereocenters. The first-order valence-electron chi connectivity index (χ1n) is 8.48. The Balaban J connectivity index is 1.64. The van der Waals surface area contributed by atoms with Crippen molar-refractivity contribution < 1.29 is 22.7 Å². The van der Waals surface area contributed by atoms with Crippen LogP contribution in [-0.2, 0) is 24.3 Å². The Morgan fingerprint density at radius 3 is 2.19 bits per heavy atom. The molecule has 2 aliphatic rings. The van der Waals surface area contributed by atoms with Gasteiger partial charge in [-0.2, -0.15) is 4.31 Å². The Kier molecular flexibility index (Phi) is 5.19. The van der Waals surface area contributed by atoms with E-state index in [-0.39, 0.29) is 18.3 Å². The van der Waals surface area contributed by atoms with Crippen LogP contribution >= 0.6 is 0 Å². The third-order valence-corrected chi connectivity index (χ3v) is 6.20. The number of ether oxygens (including phenoxy) is 1. The van der Waals surface area contributed by atoms with Gasteiger partial charge in [0.25, 0.3) is 0 Å². The van der Waals surface area contributed by atoms with Crippen molar-refractivity contribution >= 4 is 33.3 Å². The lowest BCUT2D eigenvalue weighted by Crippen LogP contribution is -2.48. The molecule has 1 aromatic carbocycles. The largest absolute Gasteiger partial charge is 0.469 e. The minimum atomic E-state index is -3.15. The Hall–Kier alpha value is -2.13. The van der Waals surface area contributed by atoms with Gasteiger partial charge in [0.2, 0.25) is 15.9 Å². The predicted octanol–water partition coefficient (Wildman–Crippen LogP) is 0.294.